The first-order valence-electron chi connectivity index (χ1n) is 8.59. The van der Waals surface area contributed by atoms with Gasteiger partial charge >= 0.3 is 0 Å². The van der Waals surface area contributed by atoms with Crippen LogP contribution in [-0.4, -0.2) is 31.7 Å². The van der Waals surface area contributed by atoms with Gasteiger partial charge in [-0.05, 0) is 73.1 Å². The fourth-order valence-electron chi connectivity index (χ4n) is 2.29. The van der Waals surface area contributed by atoms with Gasteiger partial charge in [-0.15, -0.1) is 0 Å². The van der Waals surface area contributed by atoms with Gasteiger partial charge in [0.1, 0.15) is 5.75 Å². The predicted molar refractivity (Wildman–Crippen MR) is 112 cm³/mol. The second-order valence-electron chi connectivity index (χ2n) is 5.94. The van der Waals surface area contributed by atoms with Gasteiger partial charge in [-0.3, -0.25) is 5.43 Å². The minimum atomic E-state index is 0.112. The lowest BCUT2D eigenvalue weighted by Crippen LogP contribution is -2.23. The number of ether oxygens (including phenoxy) is 3. The molecule has 2 aromatic carbocycles. The summed E-state index contributed by atoms with van der Waals surface area (Å²) in [6.45, 7) is 5.27. The molecule has 6 nitrogen and oxygen atoms in total. The van der Waals surface area contributed by atoms with Gasteiger partial charge in [-0.1, -0.05) is 6.07 Å². The van der Waals surface area contributed by atoms with Crippen LogP contribution in [0.2, 0.25) is 0 Å². The van der Waals surface area contributed by atoms with Crippen LogP contribution >= 0.6 is 12.2 Å². The molecule has 0 spiro atoms. The third kappa shape index (κ3) is 6.79. The minimum absolute atomic E-state index is 0.112. The van der Waals surface area contributed by atoms with E-state index in [4.69, 9.17) is 32.2 Å². The quantitative estimate of drug-likeness (QED) is 0.297. The van der Waals surface area contributed by atoms with Crippen LogP contribution in [0.15, 0.2) is 41.5 Å². The molecule has 0 heterocycles. The summed E-state index contributed by atoms with van der Waals surface area (Å²) in [5, 5.41) is 4.03. The lowest BCUT2D eigenvalue weighted by Gasteiger charge is -2.12. The number of benzene rings is 2. The number of hydrogen-bond acceptors (Lipinski definition) is 5. The largest absolute Gasteiger partial charge is 0.493 e. The molecule has 0 aliphatic carbocycles. The van der Waals surface area contributed by atoms with Gasteiger partial charge < -0.3 is 19.9 Å². The summed E-state index contributed by atoms with van der Waals surface area (Å²) < 4.78 is 16.9. The maximum absolute atomic E-state index is 5.80. The van der Waals surface area contributed by atoms with Crippen molar-refractivity contribution in [2.75, 3.05) is 20.3 Å². The summed E-state index contributed by atoms with van der Waals surface area (Å²) in [6, 6.07) is 11.6. The molecule has 0 radical (unpaired) electrons. The summed E-state index contributed by atoms with van der Waals surface area (Å²) in [4.78, 5) is 0. The zero-order valence-electron chi connectivity index (χ0n) is 15.8. The number of hydrazone groups is 1. The van der Waals surface area contributed by atoms with Crippen molar-refractivity contribution in [3.63, 3.8) is 0 Å². The van der Waals surface area contributed by atoms with E-state index in [1.54, 1.807) is 13.3 Å². The van der Waals surface area contributed by atoms with Crippen molar-refractivity contribution in [3.05, 3.63) is 53.1 Å². The Balaban J connectivity index is 1.81. The summed E-state index contributed by atoms with van der Waals surface area (Å²) in [5.41, 5.74) is 11.1. The number of aryl methyl sites for hydroxylation is 2. The summed E-state index contributed by atoms with van der Waals surface area (Å²) >= 11 is 4.69. The molecule has 2 aromatic rings. The van der Waals surface area contributed by atoms with Crippen molar-refractivity contribution >= 4 is 23.5 Å². The number of nitrogens with zero attached hydrogens (tertiary/aromatic N) is 1. The number of methoxy groups -OCH3 is 1. The van der Waals surface area contributed by atoms with Crippen LogP contribution in [0, 0.1) is 13.8 Å². The van der Waals surface area contributed by atoms with E-state index in [9.17, 15) is 0 Å². The van der Waals surface area contributed by atoms with Crippen LogP contribution < -0.4 is 25.4 Å². The summed E-state index contributed by atoms with van der Waals surface area (Å²) in [6.07, 6.45) is 2.36. The molecule has 0 saturated carbocycles. The molecule has 0 aromatic heterocycles. The number of nitrogens with one attached hydrogen (secondary N) is 1. The Morgan fingerprint density at radius 2 is 1.85 bits per heavy atom. The second-order valence-corrected chi connectivity index (χ2v) is 6.38. The fraction of sp³-hybridized carbons (Fsp3) is 0.300. The maximum atomic E-state index is 5.80. The van der Waals surface area contributed by atoms with E-state index in [1.165, 1.54) is 11.1 Å². The highest BCUT2D eigenvalue weighted by atomic mass is 32.1. The zero-order valence-corrected chi connectivity index (χ0v) is 16.6. The van der Waals surface area contributed by atoms with E-state index in [2.05, 4.69) is 30.4 Å². The van der Waals surface area contributed by atoms with Gasteiger partial charge in [0.15, 0.2) is 16.6 Å². The second kappa shape index (κ2) is 10.4. The highest BCUT2D eigenvalue weighted by molar-refractivity contribution is 7.80. The Kier molecular flexibility index (Phi) is 7.88. The molecule has 0 atom stereocenters. The molecule has 0 fully saturated rings. The first kappa shape index (κ1) is 20.5. The molecule has 2 rings (SSSR count). The van der Waals surface area contributed by atoms with Crippen LogP contribution in [0.25, 0.3) is 0 Å². The van der Waals surface area contributed by atoms with Gasteiger partial charge in [-0.2, -0.15) is 5.10 Å². The SMILES string of the molecule is COc1cc(/C=N/NC(N)=S)ccc1OCCCOc1ccc(C)c(C)c1. The topological polar surface area (TPSA) is 78.1 Å². The average molecular weight is 388 g/mol. The minimum Gasteiger partial charge on any atom is -0.493 e. The molecule has 144 valence electrons. The van der Waals surface area contributed by atoms with E-state index < -0.39 is 0 Å². The van der Waals surface area contributed by atoms with Crippen molar-refractivity contribution < 1.29 is 14.2 Å². The lowest BCUT2D eigenvalue weighted by atomic mass is 10.1. The van der Waals surface area contributed by atoms with E-state index in [1.807, 2.05) is 30.3 Å². The van der Waals surface area contributed by atoms with Crippen molar-refractivity contribution in [1.82, 2.24) is 5.43 Å². The summed E-state index contributed by atoms with van der Waals surface area (Å²) in [5.74, 6) is 2.18. The lowest BCUT2D eigenvalue weighted by molar-refractivity contribution is 0.240. The monoisotopic (exact) mass is 387 g/mol. The molecular weight excluding hydrogens is 362 g/mol. The highest BCUT2D eigenvalue weighted by Gasteiger charge is 2.05. The Morgan fingerprint density at radius 1 is 1.07 bits per heavy atom. The molecule has 0 bridgehead atoms. The Labute approximate surface area is 165 Å². The van der Waals surface area contributed by atoms with E-state index in [-0.39, 0.29) is 5.11 Å². The molecule has 0 unspecified atom stereocenters. The van der Waals surface area contributed by atoms with Gasteiger partial charge in [0, 0.05) is 6.42 Å². The molecule has 3 N–H and O–H groups in total. The Morgan fingerprint density at radius 3 is 2.56 bits per heavy atom. The number of nitrogens with two attached hydrogens (primary N) is 1. The normalized spacial score (nSPS) is 10.6. The molecule has 7 heteroatoms. The Hall–Kier alpha value is -2.80. The van der Waals surface area contributed by atoms with Crippen molar-refractivity contribution in [1.29, 1.82) is 0 Å². The molecule has 0 aliphatic rings. The van der Waals surface area contributed by atoms with E-state index in [0.29, 0.717) is 24.7 Å². The smallest absolute Gasteiger partial charge is 0.184 e. The van der Waals surface area contributed by atoms with Gasteiger partial charge in [-0.25, -0.2) is 0 Å². The highest BCUT2D eigenvalue weighted by Crippen LogP contribution is 2.27. The Bertz CT molecular complexity index is 809. The number of hydrogen-bond donors (Lipinski definition) is 2. The van der Waals surface area contributed by atoms with Gasteiger partial charge in [0.2, 0.25) is 0 Å². The van der Waals surface area contributed by atoms with Crippen molar-refractivity contribution in [3.8, 4) is 17.2 Å². The third-order valence-electron chi connectivity index (χ3n) is 3.87. The molecule has 0 amide bonds. The fourth-order valence-corrected chi connectivity index (χ4v) is 2.34. The van der Waals surface area contributed by atoms with Gasteiger partial charge in [0.05, 0.1) is 26.5 Å². The van der Waals surface area contributed by atoms with Crippen LogP contribution in [0.5, 0.6) is 17.2 Å². The maximum Gasteiger partial charge on any atom is 0.184 e. The predicted octanol–water partition coefficient (Wildman–Crippen LogP) is 3.33. The molecule has 27 heavy (non-hydrogen) atoms. The van der Waals surface area contributed by atoms with Gasteiger partial charge in [0.25, 0.3) is 0 Å². The van der Waals surface area contributed by atoms with Crippen LogP contribution in [0.3, 0.4) is 0 Å². The van der Waals surface area contributed by atoms with Crippen LogP contribution in [-0.2, 0) is 0 Å². The third-order valence-corrected chi connectivity index (χ3v) is 3.96. The number of rotatable bonds is 9. The zero-order chi connectivity index (χ0) is 19.6. The van der Waals surface area contributed by atoms with Crippen LogP contribution in [0.1, 0.15) is 23.1 Å². The van der Waals surface area contributed by atoms with Crippen molar-refractivity contribution in [2.24, 2.45) is 10.8 Å². The molecule has 0 aliphatic heterocycles. The molecule has 0 saturated heterocycles. The van der Waals surface area contributed by atoms with E-state index in [0.717, 1.165) is 17.7 Å². The molecular formula is C20H25N3O3S. The standard InChI is InChI=1S/C20H25N3O3S/c1-14-5-7-17(11-15(14)2)25-9-4-10-26-18-8-6-16(12-19(18)24-3)13-22-23-20(21)27/h5-8,11-13H,4,9-10H2,1-3H3,(H3,21,23,27)/b22-13+. The first-order chi connectivity index (χ1) is 13.0. The van der Waals surface area contributed by atoms with E-state index >= 15 is 0 Å². The van der Waals surface area contributed by atoms with Crippen LogP contribution in [0.4, 0.5) is 0 Å². The first-order valence-corrected chi connectivity index (χ1v) is 9.00. The van der Waals surface area contributed by atoms with Crippen molar-refractivity contribution in [2.45, 2.75) is 20.3 Å². The number of thiocarbonyl (C=S) groups is 1. The average Bonchev–Trinajstić information content (AvgIpc) is 2.64. The summed E-state index contributed by atoms with van der Waals surface area (Å²) in [7, 11) is 1.60.